The number of carbonyl (C=O) groups excluding carboxylic acids is 4. The maximum Gasteiger partial charge on any atom is 0.263 e. The number of aliphatic imine (C=N–C) groups is 1. The Balaban J connectivity index is 1.77. The van der Waals surface area contributed by atoms with Crippen molar-refractivity contribution in [1.82, 2.24) is 15.1 Å². The van der Waals surface area contributed by atoms with Crippen molar-refractivity contribution in [3.63, 3.8) is 0 Å². The Morgan fingerprint density at radius 1 is 1.07 bits per heavy atom. The number of ketones is 1. The summed E-state index contributed by atoms with van der Waals surface area (Å²) in [7, 11) is 1.42. The zero-order chi connectivity index (χ0) is 31.5. The molecule has 2 aromatic rings. The SMILES string of the molecule is COCC(=O)N1C=C(c2ccccc2)N([C@](Cc2ccccc2)(NC(C)=O)C(=O)C2=NC3(CCCC3)CO2)C(=O)C1C(C)C. The normalized spacial score (nSPS) is 20.7. The fourth-order valence-corrected chi connectivity index (χ4v) is 6.54. The van der Waals surface area contributed by atoms with Gasteiger partial charge in [0, 0.05) is 26.7 Å². The topological polar surface area (TPSA) is 118 Å². The van der Waals surface area contributed by atoms with Gasteiger partial charge in [-0.2, -0.15) is 0 Å². The van der Waals surface area contributed by atoms with Crippen molar-refractivity contribution in [3.05, 3.63) is 78.0 Å². The number of rotatable bonds is 10. The third-order valence-corrected chi connectivity index (χ3v) is 8.52. The lowest BCUT2D eigenvalue weighted by molar-refractivity contribution is -0.154. The minimum absolute atomic E-state index is 0.0611. The Morgan fingerprint density at radius 2 is 1.70 bits per heavy atom. The van der Waals surface area contributed by atoms with Gasteiger partial charge in [-0.15, -0.1) is 0 Å². The van der Waals surface area contributed by atoms with Crippen LogP contribution in [0.4, 0.5) is 0 Å². The highest BCUT2D eigenvalue weighted by molar-refractivity contribution is 6.41. The average molecular weight is 601 g/mol. The molecule has 2 aromatic carbocycles. The van der Waals surface area contributed by atoms with E-state index in [9.17, 15) is 19.2 Å². The Bertz CT molecular complexity index is 1470. The van der Waals surface area contributed by atoms with Crippen LogP contribution in [0.25, 0.3) is 5.70 Å². The van der Waals surface area contributed by atoms with Crippen LogP contribution >= 0.6 is 0 Å². The summed E-state index contributed by atoms with van der Waals surface area (Å²) in [6.45, 7) is 5.03. The standard InChI is InChI=1S/C34H40N4O6/c1-23(2)29-32(42)38(27(26-15-9-6-10-16-26)20-37(29)28(40)21-43-4)34(35-24(3)39,19-25-13-7-5-8-14-25)30(41)31-36-33(22-44-31)17-11-12-18-33/h5-10,13-16,20,23,29H,11-12,17-19,21-22H2,1-4H3,(H,35,39)/t29?,34-/m0/s1. The number of carbonyl (C=O) groups is 4. The second-order valence-electron chi connectivity index (χ2n) is 12.1. The molecule has 0 aromatic heterocycles. The molecule has 1 saturated carbocycles. The van der Waals surface area contributed by atoms with Crippen molar-refractivity contribution in [2.24, 2.45) is 10.9 Å². The van der Waals surface area contributed by atoms with Gasteiger partial charge in [-0.05, 0) is 29.9 Å². The van der Waals surface area contributed by atoms with E-state index in [0.717, 1.165) is 25.7 Å². The van der Waals surface area contributed by atoms with Crippen LogP contribution in [-0.2, 0) is 35.1 Å². The number of nitrogens with zero attached hydrogens (tertiary/aromatic N) is 3. The smallest absolute Gasteiger partial charge is 0.263 e. The van der Waals surface area contributed by atoms with Crippen LogP contribution in [0.5, 0.6) is 0 Å². The molecule has 3 amide bonds. The van der Waals surface area contributed by atoms with Crippen LogP contribution in [0.1, 0.15) is 57.6 Å². The van der Waals surface area contributed by atoms with E-state index in [0.29, 0.717) is 11.1 Å². The number of ether oxygens (including phenoxy) is 2. The highest BCUT2D eigenvalue weighted by Crippen LogP contribution is 2.40. The van der Waals surface area contributed by atoms with Gasteiger partial charge in [-0.25, -0.2) is 4.99 Å². The number of nitrogens with one attached hydrogen (secondary N) is 1. The first-order chi connectivity index (χ1) is 21.1. The zero-order valence-corrected chi connectivity index (χ0v) is 25.7. The molecular weight excluding hydrogens is 560 g/mol. The van der Waals surface area contributed by atoms with Crippen molar-refractivity contribution in [2.75, 3.05) is 20.3 Å². The molecule has 1 N–H and O–H groups in total. The highest BCUT2D eigenvalue weighted by Gasteiger charge is 2.57. The van der Waals surface area contributed by atoms with Gasteiger partial charge >= 0.3 is 0 Å². The number of benzene rings is 2. The molecule has 1 spiro atoms. The Labute approximate surface area is 258 Å². The molecular formula is C34H40N4O6. The van der Waals surface area contributed by atoms with Crippen LogP contribution in [0.15, 0.2) is 71.9 Å². The number of amides is 3. The number of hydrogen-bond donors (Lipinski definition) is 1. The van der Waals surface area contributed by atoms with Crippen molar-refractivity contribution in [1.29, 1.82) is 0 Å². The molecule has 2 heterocycles. The minimum atomic E-state index is -1.96. The van der Waals surface area contributed by atoms with Crippen LogP contribution < -0.4 is 5.32 Å². The predicted molar refractivity (Wildman–Crippen MR) is 165 cm³/mol. The fourth-order valence-electron chi connectivity index (χ4n) is 6.54. The van der Waals surface area contributed by atoms with E-state index in [1.807, 2.05) is 62.4 Å². The monoisotopic (exact) mass is 600 g/mol. The van der Waals surface area contributed by atoms with Crippen LogP contribution in [0.3, 0.4) is 0 Å². The molecule has 2 aliphatic heterocycles. The summed E-state index contributed by atoms with van der Waals surface area (Å²) in [6.07, 6.45) is 5.12. The molecule has 44 heavy (non-hydrogen) atoms. The van der Waals surface area contributed by atoms with E-state index in [4.69, 9.17) is 14.5 Å². The van der Waals surface area contributed by atoms with E-state index in [1.54, 1.807) is 18.3 Å². The number of Topliss-reactive ketones (excluding diaryl/α,β-unsaturated/α-hetero) is 1. The Morgan fingerprint density at radius 3 is 2.30 bits per heavy atom. The largest absolute Gasteiger partial charge is 0.473 e. The van der Waals surface area contributed by atoms with E-state index in [2.05, 4.69) is 5.32 Å². The average Bonchev–Trinajstić information content (AvgIpc) is 3.65. The maximum atomic E-state index is 15.0. The maximum absolute atomic E-state index is 15.0. The molecule has 2 atom stereocenters. The van der Waals surface area contributed by atoms with Gasteiger partial charge in [0.1, 0.15) is 19.3 Å². The third kappa shape index (κ3) is 5.91. The van der Waals surface area contributed by atoms with Crippen LogP contribution in [0, 0.1) is 5.92 Å². The number of hydrogen-bond acceptors (Lipinski definition) is 7. The summed E-state index contributed by atoms with van der Waals surface area (Å²) < 4.78 is 11.2. The molecule has 5 rings (SSSR count). The number of methoxy groups -OCH3 is 1. The molecule has 10 heteroatoms. The first-order valence-corrected chi connectivity index (χ1v) is 15.1. The first kappa shape index (κ1) is 31.1. The van der Waals surface area contributed by atoms with Crippen molar-refractivity contribution >= 4 is 35.1 Å². The lowest BCUT2D eigenvalue weighted by Crippen LogP contribution is -2.72. The lowest BCUT2D eigenvalue weighted by Gasteiger charge is -2.49. The minimum Gasteiger partial charge on any atom is -0.473 e. The second-order valence-corrected chi connectivity index (χ2v) is 12.1. The molecule has 3 aliphatic rings. The van der Waals surface area contributed by atoms with Crippen LogP contribution in [0.2, 0.25) is 0 Å². The van der Waals surface area contributed by atoms with Gasteiger partial charge in [0.2, 0.25) is 5.91 Å². The third-order valence-electron chi connectivity index (χ3n) is 8.52. The zero-order valence-electron chi connectivity index (χ0n) is 25.7. The molecule has 232 valence electrons. The molecule has 0 saturated heterocycles. The van der Waals surface area contributed by atoms with E-state index in [1.165, 1.54) is 23.8 Å². The summed E-state index contributed by atoms with van der Waals surface area (Å²) in [6, 6.07) is 17.3. The Kier molecular flexibility index (Phi) is 9.01. The van der Waals surface area contributed by atoms with Gasteiger partial charge in [-0.3, -0.25) is 24.1 Å². The van der Waals surface area contributed by atoms with Gasteiger partial charge in [0.05, 0.1) is 11.2 Å². The molecule has 0 radical (unpaired) electrons. The summed E-state index contributed by atoms with van der Waals surface area (Å²) in [5.41, 5.74) is -0.867. The molecule has 10 nitrogen and oxygen atoms in total. The second kappa shape index (κ2) is 12.7. The van der Waals surface area contributed by atoms with E-state index < -0.39 is 40.7 Å². The summed E-state index contributed by atoms with van der Waals surface area (Å²) in [4.78, 5) is 63.9. The van der Waals surface area contributed by atoms with E-state index in [-0.39, 0.29) is 37.1 Å². The predicted octanol–water partition coefficient (Wildman–Crippen LogP) is 3.71. The van der Waals surface area contributed by atoms with Gasteiger partial charge in [0.15, 0.2) is 5.66 Å². The van der Waals surface area contributed by atoms with Crippen molar-refractivity contribution in [3.8, 4) is 0 Å². The molecule has 1 fully saturated rings. The summed E-state index contributed by atoms with van der Waals surface area (Å²) in [5.74, 6) is -2.49. The quantitative estimate of drug-likeness (QED) is 0.444. The molecule has 0 bridgehead atoms. The van der Waals surface area contributed by atoms with Gasteiger partial charge in [0.25, 0.3) is 23.5 Å². The Hall–Kier alpha value is -4.31. The fraction of sp³-hybridized carbons (Fsp3) is 0.441. The van der Waals surface area contributed by atoms with Crippen molar-refractivity contribution < 1.29 is 28.7 Å². The first-order valence-electron chi connectivity index (χ1n) is 15.1. The van der Waals surface area contributed by atoms with Crippen LogP contribution in [-0.4, -0.2) is 76.8 Å². The highest BCUT2D eigenvalue weighted by atomic mass is 16.5. The summed E-state index contributed by atoms with van der Waals surface area (Å²) >= 11 is 0. The summed E-state index contributed by atoms with van der Waals surface area (Å²) in [5, 5.41) is 2.91. The van der Waals surface area contributed by atoms with Gasteiger partial charge in [-0.1, -0.05) is 87.4 Å². The molecule has 1 unspecified atom stereocenters. The van der Waals surface area contributed by atoms with Gasteiger partial charge < -0.3 is 19.7 Å². The molecule has 1 aliphatic carbocycles. The lowest BCUT2D eigenvalue weighted by atomic mass is 9.87. The van der Waals surface area contributed by atoms with Crippen molar-refractivity contribution in [2.45, 2.75) is 70.1 Å². The van der Waals surface area contributed by atoms with E-state index >= 15 is 0 Å².